The Kier molecular flexibility index (Phi) is 7.55. The van der Waals surface area contributed by atoms with Crippen LogP contribution in [0.4, 0.5) is 5.69 Å². The van der Waals surface area contributed by atoms with Crippen molar-refractivity contribution in [3.63, 3.8) is 0 Å². The van der Waals surface area contributed by atoms with Gasteiger partial charge in [0.2, 0.25) is 5.91 Å². The molecule has 5 rings (SSSR count). The highest BCUT2D eigenvalue weighted by Crippen LogP contribution is 2.35. The maximum atomic E-state index is 13.1. The molecule has 0 bridgehead atoms. The van der Waals surface area contributed by atoms with E-state index in [1.807, 2.05) is 58.0 Å². The number of carbonyl (C=O) groups is 1. The number of benzene rings is 2. The van der Waals surface area contributed by atoms with Gasteiger partial charge in [-0.2, -0.15) is 0 Å². The Balaban J connectivity index is 1.36. The minimum Gasteiger partial charge on any atom is -0.497 e. The average Bonchev–Trinajstić information content (AvgIpc) is 3.40. The van der Waals surface area contributed by atoms with Crippen LogP contribution in [0.3, 0.4) is 0 Å². The summed E-state index contributed by atoms with van der Waals surface area (Å²) in [5.74, 6) is 2.27. The van der Waals surface area contributed by atoms with Gasteiger partial charge >= 0.3 is 0 Å². The van der Waals surface area contributed by atoms with Gasteiger partial charge in [0.05, 0.1) is 25.7 Å². The molecule has 1 saturated heterocycles. The van der Waals surface area contributed by atoms with Gasteiger partial charge in [-0.3, -0.25) is 14.3 Å². The second-order valence-corrected chi connectivity index (χ2v) is 9.35. The third kappa shape index (κ3) is 5.39. The predicted octanol–water partition coefficient (Wildman–Crippen LogP) is 3.79. The van der Waals surface area contributed by atoms with Gasteiger partial charge in [-0.15, -0.1) is 10.2 Å². The largest absolute Gasteiger partial charge is 0.497 e. The van der Waals surface area contributed by atoms with E-state index in [4.69, 9.17) is 9.47 Å². The van der Waals surface area contributed by atoms with Crippen molar-refractivity contribution in [1.29, 1.82) is 0 Å². The molecular formula is C27H28N6O3S. The minimum atomic E-state index is 0.0790. The van der Waals surface area contributed by atoms with Gasteiger partial charge < -0.3 is 19.3 Å². The molecule has 1 fully saturated rings. The van der Waals surface area contributed by atoms with Crippen molar-refractivity contribution >= 4 is 23.4 Å². The van der Waals surface area contributed by atoms with E-state index in [0.29, 0.717) is 35.6 Å². The summed E-state index contributed by atoms with van der Waals surface area (Å²) in [6.45, 7) is 2.99. The highest BCUT2D eigenvalue weighted by molar-refractivity contribution is 7.99. The summed E-state index contributed by atoms with van der Waals surface area (Å²) in [5, 5.41) is 9.51. The van der Waals surface area contributed by atoms with Crippen LogP contribution in [0.2, 0.25) is 0 Å². The number of nitrogens with zero attached hydrogens (tertiary/aromatic N) is 6. The van der Waals surface area contributed by atoms with Gasteiger partial charge in [0.25, 0.3) is 0 Å². The zero-order valence-corrected chi connectivity index (χ0v) is 21.6. The zero-order chi connectivity index (χ0) is 25.6. The summed E-state index contributed by atoms with van der Waals surface area (Å²) in [5.41, 5.74) is 2.76. The molecule has 1 aliphatic rings. The quantitative estimate of drug-likeness (QED) is 0.327. The number of thioether (sulfide) groups is 1. The third-order valence-corrected chi connectivity index (χ3v) is 7.19. The molecule has 10 heteroatoms. The molecule has 0 N–H and O–H groups in total. The van der Waals surface area contributed by atoms with Crippen LogP contribution in [0.5, 0.6) is 11.5 Å². The number of methoxy groups -OCH3 is 2. The average molecular weight is 517 g/mol. The number of aromatic nitrogens is 4. The lowest BCUT2D eigenvalue weighted by atomic mass is 10.2. The molecule has 2 aromatic heterocycles. The molecule has 1 aliphatic heterocycles. The Morgan fingerprint density at radius 2 is 1.68 bits per heavy atom. The fourth-order valence-electron chi connectivity index (χ4n) is 4.31. The van der Waals surface area contributed by atoms with Gasteiger partial charge in [-0.1, -0.05) is 30.0 Å². The molecule has 0 atom stereocenters. The van der Waals surface area contributed by atoms with Crippen LogP contribution < -0.4 is 14.4 Å². The molecule has 0 aliphatic carbocycles. The van der Waals surface area contributed by atoms with Crippen molar-refractivity contribution in [3.8, 4) is 28.6 Å². The predicted molar refractivity (Wildman–Crippen MR) is 144 cm³/mol. The van der Waals surface area contributed by atoms with E-state index in [1.54, 1.807) is 26.6 Å². The molecule has 2 aromatic carbocycles. The number of hydrogen-bond donors (Lipinski definition) is 0. The van der Waals surface area contributed by atoms with Crippen molar-refractivity contribution in [1.82, 2.24) is 24.6 Å². The number of para-hydroxylation sites is 1. The molecular weight excluding hydrogens is 488 g/mol. The van der Waals surface area contributed by atoms with E-state index < -0.39 is 0 Å². The van der Waals surface area contributed by atoms with E-state index in [-0.39, 0.29) is 11.7 Å². The number of pyridine rings is 1. The molecule has 190 valence electrons. The van der Waals surface area contributed by atoms with Crippen molar-refractivity contribution in [3.05, 3.63) is 73.1 Å². The summed E-state index contributed by atoms with van der Waals surface area (Å²) in [4.78, 5) is 21.5. The first-order chi connectivity index (χ1) is 18.2. The highest BCUT2D eigenvalue weighted by atomic mass is 32.2. The molecule has 0 saturated carbocycles. The molecule has 3 heterocycles. The van der Waals surface area contributed by atoms with Gasteiger partial charge in [-0.25, -0.2) is 0 Å². The third-order valence-electron chi connectivity index (χ3n) is 6.28. The SMILES string of the molecule is COc1ccc(OC)c(-n2c(SCC(=O)N3CCN(c4ccccc4)CC3)nnc2-c2ccncc2)c1. The minimum absolute atomic E-state index is 0.0790. The molecule has 0 radical (unpaired) electrons. The molecule has 0 spiro atoms. The van der Waals surface area contributed by atoms with Crippen molar-refractivity contribution in [2.24, 2.45) is 0 Å². The molecule has 37 heavy (non-hydrogen) atoms. The first-order valence-electron chi connectivity index (χ1n) is 12.0. The number of amides is 1. The lowest BCUT2D eigenvalue weighted by Gasteiger charge is -2.36. The second-order valence-electron chi connectivity index (χ2n) is 8.41. The summed E-state index contributed by atoms with van der Waals surface area (Å²) < 4.78 is 13.0. The van der Waals surface area contributed by atoms with E-state index in [2.05, 4.69) is 32.2 Å². The first kappa shape index (κ1) is 24.6. The van der Waals surface area contributed by atoms with Crippen molar-refractivity contribution in [2.75, 3.05) is 51.1 Å². The topological polar surface area (TPSA) is 85.6 Å². The van der Waals surface area contributed by atoms with E-state index in [0.717, 1.165) is 24.3 Å². The van der Waals surface area contributed by atoms with E-state index in [1.165, 1.54) is 17.4 Å². The standard InChI is InChI=1S/C27H28N6O3S/c1-35-22-8-9-24(36-2)23(18-22)33-26(20-10-12-28-13-11-20)29-30-27(33)37-19-25(34)32-16-14-31(15-17-32)21-6-4-3-5-7-21/h3-13,18H,14-17,19H2,1-2H3. The smallest absolute Gasteiger partial charge is 0.233 e. The lowest BCUT2D eigenvalue weighted by molar-refractivity contribution is -0.128. The fraction of sp³-hybridized carbons (Fsp3) is 0.259. The van der Waals surface area contributed by atoms with Gasteiger partial charge in [0.15, 0.2) is 11.0 Å². The summed E-state index contributed by atoms with van der Waals surface area (Å²) in [6.07, 6.45) is 3.42. The van der Waals surface area contributed by atoms with Gasteiger partial charge in [0, 0.05) is 55.9 Å². The van der Waals surface area contributed by atoms with Crippen LogP contribution in [0.15, 0.2) is 78.2 Å². The summed E-state index contributed by atoms with van der Waals surface area (Å²) in [7, 11) is 3.24. The molecule has 1 amide bonds. The van der Waals surface area contributed by atoms with Gasteiger partial charge in [0.1, 0.15) is 11.5 Å². The number of rotatable bonds is 8. The first-order valence-corrected chi connectivity index (χ1v) is 13.0. The second kappa shape index (κ2) is 11.3. The normalized spacial score (nSPS) is 13.5. The number of ether oxygens (including phenoxy) is 2. The van der Waals surface area contributed by atoms with Crippen LogP contribution in [-0.2, 0) is 4.79 Å². The zero-order valence-electron chi connectivity index (χ0n) is 20.8. The highest BCUT2D eigenvalue weighted by Gasteiger charge is 2.24. The Labute approximate surface area is 220 Å². The monoisotopic (exact) mass is 516 g/mol. The number of carbonyl (C=O) groups excluding carboxylic acids is 1. The van der Waals surface area contributed by atoms with Crippen LogP contribution >= 0.6 is 11.8 Å². The Morgan fingerprint density at radius 3 is 2.38 bits per heavy atom. The van der Waals surface area contributed by atoms with E-state index in [9.17, 15) is 4.79 Å². The number of anilines is 1. The Bertz CT molecular complexity index is 1340. The van der Waals surface area contributed by atoms with Crippen molar-refractivity contribution in [2.45, 2.75) is 5.16 Å². The number of piperazine rings is 1. The molecule has 4 aromatic rings. The maximum absolute atomic E-state index is 13.1. The van der Waals surface area contributed by atoms with Crippen LogP contribution in [0.1, 0.15) is 0 Å². The maximum Gasteiger partial charge on any atom is 0.233 e. The van der Waals surface area contributed by atoms with Crippen LogP contribution in [-0.4, -0.2) is 76.7 Å². The molecule has 0 unspecified atom stereocenters. The summed E-state index contributed by atoms with van der Waals surface area (Å²) >= 11 is 1.36. The Hall–Kier alpha value is -4.05. The lowest BCUT2D eigenvalue weighted by Crippen LogP contribution is -2.49. The number of hydrogen-bond acceptors (Lipinski definition) is 8. The fourth-order valence-corrected chi connectivity index (χ4v) is 5.16. The Morgan fingerprint density at radius 1 is 0.919 bits per heavy atom. The summed E-state index contributed by atoms with van der Waals surface area (Å²) in [6, 6.07) is 19.6. The van der Waals surface area contributed by atoms with E-state index >= 15 is 0 Å². The van der Waals surface area contributed by atoms with Gasteiger partial charge in [-0.05, 0) is 36.4 Å². The molecule has 9 nitrogen and oxygen atoms in total. The van der Waals surface area contributed by atoms with Crippen LogP contribution in [0.25, 0.3) is 17.1 Å². The van der Waals surface area contributed by atoms with Crippen molar-refractivity contribution < 1.29 is 14.3 Å². The van der Waals surface area contributed by atoms with Crippen LogP contribution in [0, 0.1) is 0 Å².